The van der Waals surface area contributed by atoms with Gasteiger partial charge in [0.25, 0.3) is 0 Å². The molecular weight excluding hydrogens is 355 g/mol. The molecule has 0 radical (unpaired) electrons. The molecule has 3 unspecified atom stereocenters. The highest BCUT2D eigenvalue weighted by Gasteiger charge is 2.27. The highest BCUT2D eigenvalue weighted by Crippen LogP contribution is 2.29. The lowest BCUT2D eigenvalue weighted by molar-refractivity contribution is -0.159. The molecule has 0 heterocycles. The van der Waals surface area contributed by atoms with Crippen LogP contribution in [0.25, 0.3) is 0 Å². The molecule has 0 bridgehead atoms. The average molecular weight is 382 g/mol. The first-order valence-electron chi connectivity index (χ1n) is 8.92. The Morgan fingerprint density at radius 3 is 2.33 bits per heavy atom. The number of rotatable bonds is 5. The van der Waals surface area contributed by atoms with Gasteiger partial charge in [0, 0.05) is 18.2 Å². The largest absolute Gasteiger partial charge is 0.473 e. The van der Waals surface area contributed by atoms with Crippen molar-refractivity contribution < 1.29 is 29.0 Å². The van der Waals surface area contributed by atoms with E-state index in [2.05, 4.69) is 24.5 Å². The van der Waals surface area contributed by atoms with E-state index in [1.54, 1.807) is 18.2 Å². The molecule has 0 aromatic heterocycles. The Morgan fingerprint density at radius 1 is 1.11 bits per heavy atom. The van der Waals surface area contributed by atoms with Crippen molar-refractivity contribution in [2.45, 2.75) is 45.7 Å². The number of carboxylic acid groups (broad SMARTS) is 2. The second-order valence-corrected chi connectivity index (χ2v) is 6.75. The molecule has 1 aromatic rings. The summed E-state index contributed by atoms with van der Waals surface area (Å²) < 4.78 is 13.4. The Hall–Kier alpha value is -2.48. The second-order valence-electron chi connectivity index (χ2n) is 6.75. The minimum absolute atomic E-state index is 0.00251. The van der Waals surface area contributed by atoms with Crippen molar-refractivity contribution in [3.63, 3.8) is 0 Å². The normalized spacial score (nSPS) is 21.5. The van der Waals surface area contributed by atoms with Gasteiger partial charge in [-0.2, -0.15) is 0 Å². The van der Waals surface area contributed by atoms with Crippen LogP contribution in [0, 0.1) is 17.7 Å². The molecule has 1 amide bonds. The number of aliphatic carboxylic acids is 2. The molecule has 3 atom stereocenters. The maximum atomic E-state index is 13.4. The number of carboxylic acids is 2. The van der Waals surface area contributed by atoms with Crippen molar-refractivity contribution in [2.24, 2.45) is 11.8 Å². The third kappa shape index (κ3) is 8.17. The molecular formula is C19H27FN2O5. The quantitative estimate of drug-likeness (QED) is 0.579. The van der Waals surface area contributed by atoms with E-state index in [9.17, 15) is 9.18 Å². The van der Waals surface area contributed by atoms with E-state index in [0.29, 0.717) is 23.9 Å². The SMILES string of the molecule is CC1CCCC(NC(=O)CNCc2ccccc2F)C1C.O=C(O)C(=O)O. The summed E-state index contributed by atoms with van der Waals surface area (Å²) in [5.41, 5.74) is 0.588. The van der Waals surface area contributed by atoms with Crippen LogP contribution in [0.2, 0.25) is 0 Å². The predicted octanol–water partition coefficient (Wildman–Crippen LogP) is 2.01. The molecule has 1 saturated carbocycles. The van der Waals surface area contributed by atoms with E-state index in [-0.39, 0.29) is 24.3 Å². The van der Waals surface area contributed by atoms with E-state index in [1.165, 1.54) is 18.9 Å². The molecule has 2 rings (SSSR count). The monoisotopic (exact) mass is 382 g/mol. The Bertz CT molecular complexity index is 641. The van der Waals surface area contributed by atoms with Gasteiger partial charge in [-0.3, -0.25) is 4.79 Å². The van der Waals surface area contributed by atoms with Crippen LogP contribution in [-0.2, 0) is 20.9 Å². The number of carbonyl (C=O) groups excluding carboxylic acids is 1. The number of carbonyl (C=O) groups is 3. The first-order valence-corrected chi connectivity index (χ1v) is 8.92. The Kier molecular flexibility index (Phi) is 9.42. The lowest BCUT2D eigenvalue weighted by Crippen LogP contribution is -2.46. The number of nitrogens with one attached hydrogen (secondary N) is 2. The number of benzene rings is 1. The van der Waals surface area contributed by atoms with Gasteiger partial charge in [-0.1, -0.05) is 44.9 Å². The smallest absolute Gasteiger partial charge is 0.414 e. The first kappa shape index (κ1) is 22.6. The lowest BCUT2D eigenvalue weighted by Gasteiger charge is -2.34. The average Bonchev–Trinajstić information content (AvgIpc) is 2.61. The van der Waals surface area contributed by atoms with Crippen LogP contribution in [0.3, 0.4) is 0 Å². The summed E-state index contributed by atoms with van der Waals surface area (Å²) in [5, 5.41) is 20.9. The van der Waals surface area contributed by atoms with Gasteiger partial charge in [-0.25, -0.2) is 14.0 Å². The number of halogens is 1. The Labute approximate surface area is 158 Å². The van der Waals surface area contributed by atoms with Gasteiger partial charge < -0.3 is 20.8 Å². The topological polar surface area (TPSA) is 116 Å². The van der Waals surface area contributed by atoms with E-state index in [4.69, 9.17) is 19.8 Å². The fourth-order valence-corrected chi connectivity index (χ4v) is 3.00. The van der Waals surface area contributed by atoms with Crippen molar-refractivity contribution in [2.75, 3.05) is 6.54 Å². The van der Waals surface area contributed by atoms with E-state index in [1.807, 2.05) is 0 Å². The summed E-state index contributed by atoms with van der Waals surface area (Å²) in [4.78, 5) is 30.2. The van der Waals surface area contributed by atoms with Gasteiger partial charge in [0.15, 0.2) is 0 Å². The maximum absolute atomic E-state index is 13.4. The summed E-state index contributed by atoms with van der Waals surface area (Å²) in [6.07, 6.45) is 3.49. The van der Waals surface area contributed by atoms with Gasteiger partial charge in [0.1, 0.15) is 5.82 Å². The van der Waals surface area contributed by atoms with Crippen LogP contribution in [0.1, 0.15) is 38.7 Å². The van der Waals surface area contributed by atoms with E-state index in [0.717, 1.165) is 6.42 Å². The second kappa shape index (κ2) is 11.3. The summed E-state index contributed by atoms with van der Waals surface area (Å²) >= 11 is 0. The van der Waals surface area contributed by atoms with Crippen LogP contribution in [-0.4, -0.2) is 40.6 Å². The molecule has 1 aliphatic carbocycles. The highest BCUT2D eigenvalue weighted by molar-refractivity contribution is 6.27. The third-order valence-electron chi connectivity index (χ3n) is 4.80. The van der Waals surface area contributed by atoms with Crippen LogP contribution in [0.15, 0.2) is 24.3 Å². The number of amides is 1. The Morgan fingerprint density at radius 2 is 1.74 bits per heavy atom. The van der Waals surface area contributed by atoms with Crippen molar-refractivity contribution >= 4 is 17.8 Å². The van der Waals surface area contributed by atoms with Crippen LogP contribution in [0.4, 0.5) is 4.39 Å². The molecule has 150 valence electrons. The molecule has 1 aromatic carbocycles. The van der Waals surface area contributed by atoms with Crippen molar-refractivity contribution in [1.29, 1.82) is 0 Å². The molecule has 1 fully saturated rings. The highest BCUT2D eigenvalue weighted by atomic mass is 19.1. The van der Waals surface area contributed by atoms with Crippen LogP contribution < -0.4 is 10.6 Å². The molecule has 7 nitrogen and oxygen atoms in total. The zero-order valence-electron chi connectivity index (χ0n) is 15.6. The van der Waals surface area contributed by atoms with Gasteiger partial charge in [-0.15, -0.1) is 0 Å². The van der Waals surface area contributed by atoms with Gasteiger partial charge in [0.05, 0.1) is 6.54 Å². The van der Waals surface area contributed by atoms with Crippen molar-refractivity contribution in [3.8, 4) is 0 Å². The van der Waals surface area contributed by atoms with E-state index >= 15 is 0 Å². The molecule has 8 heteroatoms. The molecule has 0 spiro atoms. The van der Waals surface area contributed by atoms with E-state index < -0.39 is 11.9 Å². The number of hydrogen-bond acceptors (Lipinski definition) is 4. The first-order chi connectivity index (χ1) is 12.7. The lowest BCUT2D eigenvalue weighted by atomic mass is 9.78. The molecule has 27 heavy (non-hydrogen) atoms. The maximum Gasteiger partial charge on any atom is 0.414 e. The summed E-state index contributed by atoms with van der Waals surface area (Å²) in [6.45, 7) is 5.06. The summed E-state index contributed by atoms with van der Waals surface area (Å²) in [5.74, 6) is -2.70. The van der Waals surface area contributed by atoms with Gasteiger partial charge >= 0.3 is 11.9 Å². The molecule has 0 saturated heterocycles. The van der Waals surface area contributed by atoms with Crippen LogP contribution in [0.5, 0.6) is 0 Å². The van der Waals surface area contributed by atoms with Crippen LogP contribution >= 0.6 is 0 Å². The fourth-order valence-electron chi connectivity index (χ4n) is 3.00. The summed E-state index contributed by atoms with van der Waals surface area (Å²) in [6, 6.07) is 6.90. The fraction of sp³-hybridized carbons (Fsp3) is 0.526. The molecule has 1 aliphatic rings. The van der Waals surface area contributed by atoms with Gasteiger partial charge in [-0.05, 0) is 24.3 Å². The van der Waals surface area contributed by atoms with Crippen molar-refractivity contribution in [1.82, 2.24) is 10.6 Å². The zero-order valence-corrected chi connectivity index (χ0v) is 15.6. The third-order valence-corrected chi connectivity index (χ3v) is 4.80. The Balaban J connectivity index is 0.000000527. The molecule has 0 aliphatic heterocycles. The minimum Gasteiger partial charge on any atom is -0.473 e. The standard InChI is InChI=1S/C17H25FN2O.C2H2O4/c1-12-6-5-9-16(13(12)2)20-17(21)11-19-10-14-7-3-4-8-15(14)18;3-1(4)2(5)6/h3-4,7-8,12-13,16,19H,5-6,9-11H2,1-2H3,(H,20,21);(H,3,4)(H,5,6). The summed E-state index contributed by atoms with van der Waals surface area (Å²) in [7, 11) is 0. The predicted molar refractivity (Wildman–Crippen MR) is 97.5 cm³/mol. The number of hydrogen-bond donors (Lipinski definition) is 4. The minimum atomic E-state index is -1.82. The van der Waals surface area contributed by atoms with Crippen molar-refractivity contribution in [3.05, 3.63) is 35.6 Å². The van der Waals surface area contributed by atoms with Gasteiger partial charge in [0.2, 0.25) is 5.91 Å². The zero-order chi connectivity index (χ0) is 20.4. The molecule has 4 N–H and O–H groups in total.